The second-order valence-corrected chi connectivity index (χ2v) is 17.0. The van der Waals surface area contributed by atoms with Crippen LogP contribution in [0.15, 0.2) is 141 Å². The van der Waals surface area contributed by atoms with Crippen LogP contribution < -0.4 is 0 Å². The van der Waals surface area contributed by atoms with E-state index in [9.17, 15) is 0 Å². The van der Waals surface area contributed by atoms with E-state index in [-0.39, 0.29) is 0 Å². The number of benzene rings is 6. The summed E-state index contributed by atoms with van der Waals surface area (Å²) < 4.78 is 18.7. The molecule has 0 aliphatic heterocycles. The van der Waals surface area contributed by atoms with Crippen molar-refractivity contribution in [2.75, 3.05) is 0 Å². The average molecular weight is 711 g/mol. The van der Waals surface area contributed by atoms with Gasteiger partial charge in [-0.1, -0.05) is 36.4 Å². The molecule has 2 nitrogen and oxygen atoms in total. The van der Waals surface area contributed by atoms with Crippen molar-refractivity contribution in [3.05, 3.63) is 132 Å². The van der Waals surface area contributed by atoms with E-state index in [1.165, 1.54) is 50.5 Å². The van der Waals surface area contributed by atoms with Crippen molar-refractivity contribution >= 4 is 130 Å². The van der Waals surface area contributed by atoms with Crippen LogP contribution in [0.5, 0.6) is 0 Å². The number of rotatable bonds is 3. The SMILES string of the molecule is c1cc2sc(-c3ccc4c(ccc5c6ccc(-c7ccc8c(c7)oc7c9ccc(-c%10cc%11sccc%11s%10)cc9ccc87)cc6oc45)c3)cc2s1. The molecule has 234 valence electrons. The number of thiophene rings is 4. The Kier molecular flexibility index (Phi) is 5.60. The van der Waals surface area contributed by atoms with Crippen LogP contribution in [0.3, 0.4) is 0 Å². The third-order valence-corrected chi connectivity index (χ3v) is 14.4. The molecule has 0 amide bonds. The zero-order valence-electron chi connectivity index (χ0n) is 26.2. The van der Waals surface area contributed by atoms with Gasteiger partial charge in [0.2, 0.25) is 0 Å². The van der Waals surface area contributed by atoms with E-state index in [2.05, 4.69) is 132 Å². The normalized spacial score (nSPS) is 12.4. The Morgan fingerprint density at radius 1 is 0.340 bits per heavy atom. The quantitative estimate of drug-likeness (QED) is 0.182. The Hall–Kier alpha value is -5.24. The van der Waals surface area contributed by atoms with Crippen molar-refractivity contribution in [2.24, 2.45) is 0 Å². The van der Waals surface area contributed by atoms with Crippen LogP contribution in [0, 0.1) is 0 Å². The van der Waals surface area contributed by atoms with E-state index in [1.807, 2.05) is 22.7 Å². The Balaban J connectivity index is 0.929. The van der Waals surface area contributed by atoms with E-state index in [1.54, 1.807) is 22.7 Å². The lowest BCUT2D eigenvalue weighted by atomic mass is 10.00. The molecule has 0 aliphatic rings. The largest absolute Gasteiger partial charge is 0.455 e. The zero-order chi connectivity index (χ0) is 32.5. The van der Waals surface area contributed by atoms with Gasteiger partial charge in [0, 0.05) is 60.9 Å². The Labute approximate surface area is 300 Å². The first-order valence-corrected chi connectivity index (χ1v) is 19.8. The molecule has 0 atom stereocenters. The summed E-state index contributed by atoms with van der Waals surface area (Å²) in [7, 11) is 0. The minimum Gasteiger partial charge on any atom is -0.455 e. The van der Waals surface area contributed by atoms with Crippen molar-refractivity contribution in [2.45, 2.75) is 0 Å². The molecule has 12 rings (SSSR count). The fourth-order valence-electron chi connectivity index (χ4n) is 7.61. The van der Waals surface area contributed by atoms with Gasteiger partial charge in [-0.05, 0) is 129 Å². The van der Waals surface area contributed by atoms with Crippen molar-refractivity contribution < 1.29 is 8.83 Å². The van der Waals surface area contributed by atoms with Crippen molar-refractivity contribution in [1.29, 1.82) is 0 Å². The highest BCUT2D eigenvalue weighted by Crippen LogP contribution is 2.43. The summed E-state index contributed by atoms with van der Waals surface area (Å²) in [5.41, 5.74) is 8.38. The molecule has 0 unspecified atom stereocenters. The third-order valence-electron chi connectivity index (χ3n) is 10.1. The molecule has 0 bridgehead atoms. The predicted octanol–water partition coefficient (Wildman–Crippen LogP) is 15.3. The standard InChI is InChI=1S/C44H22O2S4/c1-9-31-33-11-3-25-17-27(39-21-41-37(49-39)13-15-47-41)5-7-29(25)43(33)45-35(31)19-23(1)24-2-10-32-34-12-4-26-18-28(40-22-42-38(50-40)14-16-48-42)6-8-30(26)44(34)46-36(32)20-24/h1-22H. The highest BCUT2D eigenvalue weighted by atomic mass is 32.1. The molecule has 6 heteroatoms. The molecular weight excluding hydrogens is 689 g/mol. The van der Waals surface area contributed by atoms with Crippen LogP contribution >= 0.6 is 45.3 Å². The maximum atomic E-state index is 6.63. The second kappa shape index (κ2) is 10.2. The average Bonchev–Trinajstić information content (AvgIpc) is 3.99. The molecule has 6 heterocycles. The van der Waals surface area contributed by atoms with Crippen LogP contribution in [-0.4, -0.2) is 0 Å². The molecule has 6 aromatic heterocycles. The van der Waals surface area contributed by atoms with Gasteiger partial charge in [-0.25, -0.2) is 0 Å². The molecule has 0 radical (unpaired) electrons. The van der Waals surface area contributed by atoms with Crippen LogP contribution in [0.1, 0.15) is 0 Å². The highest BCUT2D eigenvalue weighted by molar-refractivity contribution is 7.29. The molecule has 0 saturated carbocycles. The van der Waals surface area contributed by atoms with Gasteiger partial charge in [-0.15, -0.1) is 45.3 Å². The summed E-state index contributed by atoms with van der Waals surface area (Å²) in [5.74, 6) is 0. The maximum Gasteiger partial charge on any atom is 0.143 e. The van der Waals surface area contributed by atoms with E-state index < -0.39 is 0 Å². The second-order valence-electron chi connectivity index (χ2n) is 12.9. The van der Waals surface area contributed by atoms with Crippen LogP contribution in [-0.2, 0) is 0 Å². The van der Waals surface area contributed by atoms with Crippen LogP contribution in [0.25, 0.3) is 116 Å². The van der Waals surface area contributed by atoms with Crippen molar-refractivity contribution in [1.82, 2.24) is 0 Å². The number of hydrogen-bond donors (Lipinski definition) is 0. The minimum absolute atomic E-state index is 0.893. The summed E-state index contributed by atoms with van der Waals surface area (Å²) >= 11 is 7.32. The van der Waals surface area contributed by atoms with Crippen LogP contribution in [0.2, 0.25) is 0 Å². The summed E-state index contributed by atoms with van der Waals surface area (Å²) in [6.07, 6.45) is 0. The molecule has 50 heavy (non-hydrogen) atoms. The van der Waals surface area contributed by atoms with Gasteiger partial charge in [-0.3, -0.25) is 0 Å². The number of fused-ring (bicyclic) bond motifs is 12. The van der Waals surface area contributed by atoms with Gasteiger partial charge in [0.15, 0.2) is 0 Å². The minimum atomic E-state index is 0.893. The van der Waals surface area contributed by atoms with Crippen molar-refractivity contribution in [3.63, 3.8) is 0 Å². The van der Waals surface area contributed by atoms with E-state index >= 15 is 0 Å². The maximum absolute atomic E-state index is 6.63. The number of furan rings is 2. The van der Waals surface area contributed by atoms with Gasteiger partial charge >= 0.3 is 0 Å². The van der Waals surface area contributed by atoms with Gasteiger partial charge in [0.05, 0.1) is 0 Å². The highest BCUT2D eigenvalue weighted by Gasteiger charge is 2.16. The molecule has 6 aromatic carbocycles. The first-order valence-electron chi connectivity index (χ1n) is 16.4. The fourth-order valence-corrected chi connectivity index (χ4v) is 11.8. The Bertz CT molecular complexity index is 3060. The van der Waals surface area contributed by atoms with Crippen LogP contribution in [0.4, 0.5) is 0 Å². The molecule has 12 aromatic rings. The monoisotopic (exact) mass is 710 g/mol. The predicted molar refractivity (Wildman–Crippen MR) is 219 cm³/mol. The molecule has 0 saturated heterocycles. The van der Waals surface area contributed by atoms with Gasteiger partial charge < -0.3 is 8.83 Å². The summed E-state index contributed by atoms with van der Waals surface area (Å²) in [4.78, 5) is 2.61. The van der Waals surface area contributed by atoms with Gasteiger partial charge in [-0.2, -0.15) is 0 Å². The molecule has 0 spiro atoms. The lowest BCUT2D eigenvalue weighted by molar-refractivity contribution is 0.672. The lowest BCUT2D eigenvalue weighted by Gasteiger charge is -2.03. The molecule has 0 aliphatic carbocycles. The van der Waals surface area contributed by atoms with Gasteiger partial charge in [0.25, 0.3) is 0 Å². The van der Waals surface area contributed by atoms with E-state index in [4.69, 9.17) is 8.83 Å². The Morgan fingerprint density at radius 2 is 0.780 bits per heavy atom. The summed E-state index contributed by atoms with van der Waals surface area (Å²) in [5, 5.41) is 13.5. The first kappa shape index (κ1) is 27.6. The topological polar surface area (TPSA) is 26.3 Å². The zero-order valence-corrected chi connectivity index (χ0v) is 29.4. The van der Waals surface area contributed by atoms with E-state index in [0.29, 0.717) is 0 Å². The molecule has 0 fully saturated rings. The fraction of sp³-hybridized carbons (Fsp3) is 0. The summed E-state index contributed by atoms with van der Waals surface area (Å²) in [6.45, 7) is 0. The smallest absolute Gasteiger partial charge is 0.143 e. The first-order chi connectivity index (χ1) is 24.7. The van der Waals surface area contributed by atoms with E-state index in [0.717, 1.165) is 65.8 Å². The van der Waals surface area contributed by atoms with Crippen molar-refractivity contribution in [3.8, 4) is 32.0 Å². The molecule has 0 N–H and O–H groups in total. The molecular formula is C44H22O2S4. The van der Waals surface area contributed by atoms with Gasteiger partial charge in [0.1, 0.15) is 22.3 Å². The summed E-state index contributed by atoms with van der Waals surface area (Å²) in [6, 6.07) is 44.5. The lowest BCUT2D eigenvalue weighted by Crippen LogP contribution is -1.78. The number of hydrogen-bond acceptors (Lipinski definition) is 6. The third kappa shape index (κ3) is 3.99. The Morgan fingerprint density at radius 3 is 1.26 bits per heavy atom.